The van der Waals surface area contributed by atoms with Crippen molar-refractivity contribution in [1.29, 1.82) is 0 Å². The van der Waals surface area contributed by atoms with Gasteiger partial charge >= 0.3 is 0 Å². The average molecular weight is 398 g/mol. The topological polar surface area (TPSA) is 37.3 Å². The van der Waals surface area contributed by atoms with Crippen molar-refractivity contribution in [2.75, 3.05) is 12.4 Å². The Morgan fingerprint density at radius 1 is 1.46 bits per heavy atom. The molecule has 0 saturated heterocycles. The molecule has 1 N–H and O–H groups in total. The lowest BCUT2D eigenvalue weighted by atomic mass is 10.2. The molecule has 0 aliphatic heterocycles. The Balaban J connectivity index is 1.94. The average Bonchev–Trinajstić information content (AvgIpc) is 3.28. The second-order valence-electron chi connectivity index (χ2n) is 5.25. The molecule has 0 aliphatic carbocycles. The maximum Gasteiger partial charge on any atom is 0.131 e. The molecule has 0 radical (unpaired) electrons. The SMILES string of the molecule is C=C/C=C(/C#Cc1csc2c(NCc3cccs3)cc(Cl)nc12)C=NC. The first-order valence-electron chi connectivity index (χ1n) is 7.82. The molecule has 3 aromatic heterocycles. The van der Waals surface area contributed by atoms with E-state index in [9.17, 15) is 0 Å². The summed E-state index contributed by atoms with van der Waals surface area (Å²) in [6.07, 6.45) is 5.22. The molecule has 26 heavy (non-hydrogen) atoms. The van der Waals surface area contributed by atoms with Gasteiger partial charge in [-0.3, -0.25) is 4.99 Å². The highest BCUT2D eigenvalue weighted by Crippen LogP contribution is 2.33. The molecule has 0 aliphatic rings. The van der Waals surface area contributed by atoms with Crippen molar-refractivity contribution in [2.45, 2.75) is 6.54 Å². The summed E-state index contributed by atoms with van der Waals surface area (Å²) in [5.74, 6) is 6.27. The monoisotopic (exact) mass is 397 g/mol. The van der Waals surface area contributed by atoms with Crippen LogP contribution in [-0.2, 0) is 6.54 Å². The van der Waals surface area contributed by atoms with E-state index in [0.717, 1.165) is 33.6 Å². The van der Waals surface area contributed by atoms with Crippen molar-refractivity contribution < 1.29 is 0 Å². The van der Waals surface area contributed by atoms with E-state index >= 15 is 0 Å². The van der Waals surface area contributed by atoms with E-state index in [4.69, 9.17) is 11.6 Å². The lowest BCUT2D eigenvalue weighted by molar-refractivity contribution is 1.20. The van der Waals surface area contributed by atoms with Gasteiger partial charge < -0.3 is 5.32 Å². The predicted molar refractivity (Wildman–Crippen MR) is 116 cm³/mol. The number of anilines is 1. The predicted octanol–water partition coefficient (Wildman–Crippen LogP) is 5.79. The molecule has 3 rings (SSSR count). The number of thiophene rings is 2. The zero-order valence-electron chi connectivity index (χ0n) is 14.1. The van der Waals surface area contributed by atoms with E-state index in [0.29, 0.717) is 5.15 Å². The summed E-state index contributed by atoms with van der Waals surface area (Å²) < 4.78 is 1.05. The van der Waals surface area contributed by atoms with Crippen molar-refractivity contribution in [3.8, 4) is 11.8 Å². The third kappa shape index (κ3) is 4.41. The lowest BCUT2D eigenvalue weighted by Gasteiger charge is -2.06. The second-order valence-corrected chi connectivity index (χ2v) is 7.55. The molecule has 130 valence electrons. The van der Waals surface area contributed by atoms with Crippen LogP contribution in [0.4, 0.5) is 5.69 Å². The van der Waals surface area contributed by atoms with Gasteiger partial charge in [-0.1, -0.05) is 42.2 Å². The standard InChI is InChI=1S/C20H16ClN3S2/c1-3-5-14(11-22-2)7-8-15-13-26-20-17(10-18(21)24-19(15)20)23-12-16-6-4-9-25-16/h3-6,9-11,13H,1,12H2,2H3,(H,23,24)/b14-5-,22-11?. The molecule has 0 amide bonds. The molecular weight excluding hydrogens is 382 g/mol. The number of nitrogens with one attached hydrogen (secondary N) is 1. The third-order valence-electron chi connectivity index (χ3n) is 3.43. The first kappa shape index (κ1) is 18.4. The largest absolute Gasteiger partial charge is 0.379 e. The van der Waals surface area contributed by atoms with Crippen LogP contribution in [0.2, 0.25) is 5.15 Å². The summed E-state index contributed by atoms with van der Waals surface area (Å²) in [6, 6.07) is 6.01. The summed E-state index contributed by atoms with van der Waals surface area (Å²) >= 11 is 9.57. The Morgan fingerprint density at radius 3 is 3.08 bits per heavy atom. The van der Waals surface area contributed by atoms with Crippen molar-refractivity contribution in [2.24, 2.45) is 4.99 Å². The molecule has 3 nitrogen and oxygen atoms in total. The number of aromatic nitrogens is 1. The molecule has 0 atom stereocenters. The fraction of sp³-hybridized carbons (Fsp3) is 0.100. The minimum atomic E-state index is 0.449. The maximum absolute atomic E-state index is 6.24. The van der Waals surface area contributed by atoms with Crippen molar-refractivity contribution in [3.63, 3.8) is 0 Å². The Labute approximate surface area is 165 Å². The minimum Gasteiger partial charge on any atom is -0.379 e. The highest BCUT2D eigenvalue weighted by atomic mass is 35.5. The van der Waals surface area contributed by atoms with Gasteiger partial charge in [0.05, 0.1) is 16.0 Å². The summed E-state index contributed by atoms with van der Waals surface area (Å²) in [4.78, 5) is 9.75. The van der Waals surface area contributed by atoms with Gasteiger partial charge in [0.15, 0.2) is 0 Å². The van der Waals surface area contributed by atoms with E-state index < -0.39 is 0 Å². The number of halogens is 1. The van der Waals surface area contributed by atoms with Crippen LogP contribution in [0.5, 0.6) is 0 Å². The zero-order chi connectivity index (χ0) is 18.4. The lowest BCUT2D eigenvalue weighted by Crippen LogP contribution is -1.98. The Bertz CT molecular complexity index is 1030. The van der Waals surface area contributed by atoms with E-state index in [1.54, 1.807) is 42.0 Å². The van der Waals surface area contributed by atoms with Crippen LogP contribution in [0, 0.1) is 11.8 Å². The molecule has 0 aromatic carbocycles. The maximum atomic E-state index is 6.24. The summed E-state index contributed by atoms with van der Waals surface area (Å²) in [7, 11) is 1.71. The van der Waals surface area contributed by atoms with Crippen LogP contribution in [0.1, 0.15) is 10.4 Å². The highest BCUT2D eigenvalue weighted by molar-refractivity contribution is 7.18. The molecule has 6 heteroatoms. The van der Waals surface area contributed by atoms with E-state index in [-0.39, 0.29) is 0 Å². The van der Waals surface area contributed by atoms with E-state index in [1.807, 2.05) is 23.6 Å². The van der Waals surface area contributed by atoms with Gasteiger partial charge in [-0.25, -0.2) is 4.98 Å². The number of hydrogen-bond donors (Lipinski definition) is 1. The summed E-state index contributed by atoms with van der Waals surface area (Å²) in [6.45, 7) is 4.46. The number of aliphatic imine (C=N–C) groups is 1. The molecule has 0 saturated carbocycles. The Kier molecular flexibility index (Phi) is 6.24. The van der Waals surface area contributed by atoms with Crippen LogP contribution >= 0.6 is 34.3 Å². The van der Waals surface area contributed by atoms with E-state index in [1.165, 1.54) is 4.88 Å². The number of hydrogen-bond acceptors (Lipinski definition) is 5. The third-order valence-corrected chi connectivity index (χ3v) is 5.50. The molecule has 3 aromatic rings. The van der Waals surface area contributed by atoms with E-state index in [2.05, 4.69) is 45.2 Å². The number of pyridine rings is 1. The first-order chi connectivity index (χ1) is 12.7. The fourth-order valence-corrected chi connectivity index (χ4v) is 4.09. The Hall–Kier alpha value is -2.39. The molecule has 3 heterocycles. The molecule has 0 bridgehead atoms. The Morgan fingerprint density at radius 2 is 2.35 bits per heavy atom. The fourth-order valence-electron chi connectivity index (χ4n) is 2.32. The number of fused-ring (bicyclic) bond motifs is 1. The molecular formula is C20H16ClN3S2. The van der Waals surface area contributed by atoms with Crippen molar-refractivity contribution in [1.82, 2.24) is 4.98 Å². The van der Waals surface area contributed by atoms with Crippen LogP contribution < -0.4 is 5.32 Å². The zero-order valence-corrected chi connectivity index (χ0v) is 16.5. The van der Waals surface area contributed by atoms with Crippen molar-refractivity contribution in [3.05, 3.63) is 68.9 Å². The summed E-state index contributed by atoms with van der Waals surface area (Å²) in [5.41, 5.74) is 3.43. The van der Waals surface area contributed by atoms with Gasteiger partial charge in [-0.05, 0) is 17.5 Å². The highest BCUT2D eigenvalue weighted by Gasteiger charge is 2.10. The number of allylic oxidation sites excluding steroid dienone is 3. The van der Waals surface area contributed by atoms with Crippen molar-refractivity contribution >= 4 is 56.4 Å². The normalized spacial score (nSPS) is 11.5. The molecule has 0 fully saturated rings. The quantitative estimate of drug-likeness (QED) is 0.256. The molecule has 0 spiro atoms. The van der Waals surface area contributed by atoms with Crippen LogP contribution in [0.15, 0.2) is 58.3 Å². The number of rotatable bonds is 5. The van der Waals surface area contributed by atoms with Gasteiger partial charge in [0.25, 0.3) is 0 Å². The van der Waals surface area contributed by atoms with Gasteiger partial charge in [-0.15, -0.1) is 22.7 Å². The van der Waals surface area contributed by atoms with Crippen LogP contribution in [-0.4, -0.2) is 18.2 Å². The van der Waals surface area contributed by atoms with Gasteiger partial charge in [0.2, 0.25) is 0 Å². The second kappa shape index (κ2) is 8.81. The van der Waals surface area contributed by atoms with Crippen LogP contribution in [0.3, 0.4) is 0 Å². The van der Waals surface area contributed by atoms with Gasteiger partial charge in [-0.2, -0.15) is 0 Å². The molecule has 0 unspecified atom stereocenters. The number of nitrogens with zero attached hydrogens (tertiary/aromatic N) is 2. The minimum absolute atomic E-state index is 0.449. The van der Waals surface area contributed by atoms with Crippen LogP contribution in [0.25, 0.3) is 10.2 Å². The van der Waals surface area contributed by atoms with Gasteiger partial charge in [0, 0.05) is 41.7 Å². The first-order valence-corrected chi connectivity index (χ1v) is 9.96. The van der Waals surface area contributed by atoms with Gasteiger partial charge in [0.1, 0.15) is 10.7 Å². The smallest absolute Gasteiger partial charge is 0.131 e. The summed E-state index contributed by atoms with van der Waals surface area (Å²) in [5, 5.41) is 7.98.